The first-order valence-electron chi connectivity index (χ1n) is 9.55. The van der Waals surface area contributed by atoms with Crippen molar-refractivity contribution in [3.63, 3.8) is 0 Å². The van der Waals surface area contributed by atoms with Crippen LogP contribution in [0.1, 0.15) is 5.01 Å². The highest BCUT2D eigenvalue weighted by atomic mass is 32.1. The Balaban J connectivity index is 1.29. The number of para-hydroxylation sites is 3. The van der Waals surface area contributed by atoms with Crippen molar-refractivity contribution < 1.29 is 14.8 Å². The van der Waals surface area contributed by atoms with Gasteiger partial charge in [0, 0.05) is 7.05 Å². The topological polar surface area (TPSA) is 61.1 Å². The molecule has 0 atom stereocenters. The lowest BCUT2D eigenvalue weighted by Crippen LogP contribution is -3.15. The van der Waals surface area contributed by atoms with Gasteiger partial charge in [-0.15, -0.1) is 11.3 Å². The molecule has 0 unspecified atom stereocenters. The lowest BCUT2D eigenvalue weighted by molar-refractivity contribution is -0.892. The van der Waals surface area contributed by atoms with E-state index in [0.717, 1.165) is 47.1 Å². The third-order valence-electron chi connectivity index (χ3n) is 5.23. The molecular formula is C21H25N4O2S+. The molecule has 0 radical (unpaired) electrons. The lowest BCUT2D eigenvalue weighted by atomic mass is 10.2. The molecule has 146 valence electrons. The van der Waals surface area contributed by atoms with Gasteiger partial charge in [-0.05, 0) is 24.3 Å². The largest absolute Gasteiger partial charge is 0.506 e. The summed E-state index contributed by atoms with van der Waals surface area (Å²) in [6.07, 6.45) is 0. The third kappa shape index (κ3) is 4.10. The number of phenolic OH excluding ortho intramolecular Hbond substituents is 1. The minimum atomic E-state index is 0.144. The van der Waals surface area contributed by atoms with E-state index in [1.807, 2.05) is 43.4 Å². The molecule has 0 aliphatic carbocycles. The molecule has 1 aliphatic heterocycles. The normalized spacial score (nSPS) is 15.1. The second-order valence-electron chi connectivity index (χ2n) is 7.23. The van der Waals surface area contributed by atoms with Crippen LogP contribution < -0.4 is 9.80 Å². The smallest absolute Gasteiger partial charge is 0.277 e. The molecule has 2 heterocycles. The Labute approximate surface area is 168 Å². The number of fused-ring (bicyclic) bond motifs is 1. The number of aromatic hydroxyl groups is 1. The van der Waals surface area contributed by atoms with Gasteiger partial charge < -0.3 is 19.8 Å². The van der Waals surface area contributed by atoms with E-state index < -0.39 is 0 Å². The van der Waals surface area contributed by atoms with Crippen molar-refractivity contribution in [3.05, 3.63) is 53.5 Å². The summed E-state index contributed by atoms with van der Waals surface area (Å²) in [5, 5.41) is 11.0. The highest BCUT2D eigenvalue weighted by molar-refractivity contribution is 7.18. The quantitative estimate of drug-likeness (QED) is 0.683. The van der Waals surface area contributed by atoms with Crippen LogP contribution in [0.2, 0.25) is 0 Å². The number of piperazine rings is 1. The summed E-state index contributed by atoms with van der Waals surface area (Å²) >= 11 is 1.65. The second kappa shape index (κ2) is 8.16. The molecule has 3 aromatic rings. The predicted molar refractivity (Wildman–Crippen MR) is 112 cm³/mol. The predicted octanol–water partition coefficient (Wildman–Crippen LogP) is 1.37. The van der Waals surface area contributed by atoms with Crippen molar-refractivity contribution in [1.29, 1.82) is 0 Å². The van der Waals surface area contributed by atoms with Gasteiger partial charge in [0.25, 0.3) is 5.91 Å². The fourth-order valence-corrected chi connectivity index (χ4v) is 4.62. The summed E-state index contributed by atoms with van der Waals surface area (Å²) in [6.45, 7) is 4.49. The number of thiazole rings is 1. The van der Waals surface area contributed by atoms with Gasteiger partial charge in [-0.2, -0.15) is 0 Å². The van der Waals surface area contributed by atoms with Crippen LogP contribution in [0.5, 0.6) is 5.75 Å². The number of nitrogens with zero attached hydrogens (tertiary/aromatic N) is 3. The van der Waals surface area contributed by atoms with Crippen molar-refractivity contribution in [2.45, 2.75) is 6.54 Å². The van der Waals surface area contributed by atoms with E-state index in [0.29, 0.717) is 18.8 Å². The minimum absolute atomic E-state index is 0.144. The average Bonchev–Trinajstić information content (AvgIpc) is 3.11. The highest BCUT2D eigenvalue weighted by Gasteiger charge is 2.25. The molecule has 1 saturated heterocycles. The number of quaternary nitrogens is 1. The third-order valence-corrected chi connectivity index (χ3v) is 6.25. The zero-order valence-electron chi connectivity index (χ0n) is 16.0. The van der Waals surface area contributed by atoms with Crippen LogP contribution in [0.25, 0.3) is 10.2 Å². The van der Waals surface area contributed by atoms with Crippen molar-refractivity contribution in [3.8, 4) is 5.75 Å². The van der Waals surface area contributed by atoms with Crippen LogP contribution in [-0.4, -0.2) is 60.7 Å². The van der Waals surface area contributed by atoms with Crippen molar-refractivity contribution >= 4 is 33.1 Å². The van der Waals surface area contributed by atoms with Crippen LogP contribution in [0.15, 0.2) is 48.5 Å². The van der Waals surface area contributed by atoms with E-state index in [-0.39, 0.29) is 5.91 Å². The molecule has 28 heavy (non-hydrogen) atoms. The maximum absolute atomic E-state index is 12.7. The summed E-state index contributed by atoms with van der Waals surface area (Å²) in [5.41, 5.74) is 1.87. The van der Waals surface area contributed by atoms with Crippen LogP contribution >= 0.6 is 11.3 Å². The first-order chi connectivity index (χ1) is 13.6. The lowest BCUT2D eigenvalue weighted by Gasteiger charge is -2.34. The number of rotatable bonds is 5. The van der Waals surface area contributed by atoms with E-state index >= 15 is 0 Å². The Bertz CT molecular complexity index is 933. The SMILES string of the molecule is CN(Cc1nc2ccccc2s1)C(=O)C[NH+]1CCN(c2ccccc2O)CC1. The number of phenols is 1. The molecule has 1 fully saturated rings. The van der Waals surface area contributed by atoms with E-state index in [1.165, 1.54) is 4.90 Å². The van der Waals surface area contributed by atoms with Gasteiger partial charge in [-0.25, -0.2) is 4.98 Å². The van der Waals surface area contributed by atoms with Gasteiger partial charge in [0.05, 0.1) is 48.6 Å². The standard InChI is InChI=1S/C21H24N4O2S/c1-23(14-20-22-16-6-2-5-9-19(16)28-20)21(27)15-24-10-12-25(13-11-24)17-7-3-4-8-18(17)26/h2-9,26H,10-15H2,1H3/p+1. The Kier molecular flexibility index (Phi) is 5.45. The highest BCUT2D eigenvalue weighted by Crippen LogP contribution is 2.26. The summed E-state index contributed by atoms with van der Waals surface area (Å²) in [6, 6.07) is 15.5. The Morgan fingerprint density at radius 2 is 1.89 bits per heavy atom. The molecule has 6 nitrogen and oxygen atoms in total. The first-order valence-corrected chi connectivity index (χ1v) is 10.4. The molecule has 1 aromatic heterocycles. The average molecular weight is 398 g/mol. The van der Waals surface area contributed by atoms with Gasteiger partial charge in [0.2, 0.25) is 0 Å². The maximum atomic E-state index is 12.7. The van der Waals surface area contributed by atoms with Crippen LogP contribution in [0.3, 0.4) is 0 Å². The van der Waals surface area contributed by atoms with E-state index in [9.17, 15) is 9.90 Å². The number of anilines is 1. The van der Waals surface area contributed by atoms with Gasteiger partial charge in [0.1, 0.15) is 10.8 Å². The summed E-state index contributed by atoms with van der Waals surface area (Å²) < 4.78 is 1.16. The molecule has 0 spiro atoms. The van der Waals surface area contributed by atoms with E-state index in [4.69, 9.17) is 0 Å². The zero-order valence-corrected chi connectivity index (χ0v) is 16.8. The molecule has 7 heteroatoms. The Hall–Kier alpha value is -2.64. The minimum Gasteiger partial charge on any atom is -0.506 e. The van der Waals surface area contributed by atoms with E-state index in [1.54, 1.807) is 22.3 Å². The monoisotopic (exact) mass is 397 g/mol. The van der Waals surface area contributed by atoms with Crippen LogP contribution in [-0.2, 0) is 11.3 Å². The molecule has 2 N–H and O–H groups in total. The fourth-order valence-electron chi connectivity index (χ4n) is 3.60. The second-order valence-corrected chi connectivity index (χ2v) is 8.34. The Morgan fingerprint density at radius 3 is 2.64 bits per heavy atom. The molecule has 1 amide bonds. The zero-order chi connectivity index (χ0) is 19.5. The van der Waals surface area contributed by atoms with Crippen molar-refractivity contribution in [1.82, 2.24) is 9.88 Å². The molecular weight excluding hydrogens is 372 g/mol. The number of carbonyl (C=O) groups excluding carboxylic acids is 1. The number of carbonyl (C=O) groups is 1. The van der Waals surface area contributed by atoms with E-state index in [2.05, 4.69) is 16.0 Å². The fraction of sp³-hybridized carbons (Fsp3) is 0.333. The number of hydrogen-bond donors (Lipinski definition) is 2. The van der Waals surface area contributed by atoms with Gasteiger partial charge >= 0.3 is 0 Å². The first kappa shape index (κ1) is 18.7. The van der Waals surface area contributed by atoms with Crippen molar-refractivity contribution in [2.24, 2.45) is 0 Å². The number of likely N-dealkylation sites (N-methyl/N-ethyl adjacent to an activating group) is 1. The molecule has 1 aliphatic rings. The van der Waals surface area contributed by atoms with Crippen molar-refractivity contribution in [2.75, 3.05) is 44.7 Å². The van der Waals surface area contributed by atoms with Crippen LogP contribution in [0, 0.1) is 0 Å². The van der Waals surface area contributed by atoms with Gasteiger partial charge in [-0.1, -0.05) is 24.3 Å². The number of amides is 1. The summed E-state index contributed by atoms with van der Waals surface area (Å²) in [4.78, 5) is 22.5. The van der Waals surface area contributed by atoms with Gasteiger partial charge in [0.15, 0.2) is 6.54 Å². The number of nitrogens with one attached hydrogen (secondary N) is 1. The summed E-state index contributed by atoms with van der Waals surface area (Å²) in [7, 11) is 1.85. The van der Waals surface area contributed by atoms with Crippen LogP contribution in [0.4, 0.5) is 5.69 Å². The number of benzene rings is 2. The molecule has 0 saturated carbocycles. The molecule has 2 aromatic carbocycles. The molecule has 4 rings (SSSR count). The van der Waals surface area contributed by atoms with Gasteiger partial charge in [-0.3, -0.25) is 4.79 Å². The number of hydrogen-bond acceptors (Lipinski definition) is 5. The number of aromatic nitrogens is 1. The maximum Gasteiger partial charge on any atom is 0.277 e. The Morgan fingerprint density at radius 1 is 1.18 bits per heavy atom. The summed E-state index contributed by atoms with van der Waals surface area (Å²) in [5.74, 6) is 0.461. The molecule has 0 bridgehead atoms.